The molecule has 0 amide bonds. The Morgan fingerprint density at radius 3 is 1.42 bits per heavy atom. The number of phenols is 2. The predicted molar refractivity (Wildman–Crippen MR) is 155 cm³/mol. The van der Waals surface area contributed by atoms with Crippen molar-refractivity contribution in [1.82, 2.24) is 0 Å². The first-order chi connectivity index (χ1) is 19.8. The minimum atomic E-state index is -1.08. The standard InChI is InChI=1S/C28H36N4O6.C2H4O2.Mn/c1-27(2,3)21-13-19(31(35)36)11-17(25(21)33)15-29-23-9-7-8-10-24(23)30-16-18-12-20(32(37)38)14-22(26(18)34)28(4,5)6;1-2(3)4;/h11-16,23-24,33-34H,7-10H2,1-6H3;1H3,(H,3,4);/q;;+2/p-1. The van der Waals surface area contributed by atoms with Gasteiger partial charge in [0.05, 0.1) is 0 Å². The van der Waals surface area contributed by atoms with E-state index in [1.807, 2.05) is 54.0 Å². The number of aromatic hydroxyl groups is 2. The van der Waals surface area contributed by atoms with Gasteiger partial charge in [0.2, 0.25) is 0 Å². The third-order valence-corrected chi connectivity index (χ3v) is 8.95. The third-order valence-electron chi connectivity index (χ3n) is 7.31. The van der Waals surface area contributed by atoms with Gasteiger partial charge >= 0.3 is 235 Å². The Balaban J connectivity index is 0.00000119. The van der Waals surface area contributed by atoms with Gasteiger partial charge in [-0.2, -0.15) is 0 Å². The Kier molecular flexibility index (Phi) is 10.0. The molecule has 4 rings (SSSR count). The van der Waals surface area contributed by atoms with Crippen molar-refractivity contribution in [2.75, 3.05) is 0 Å². The molecule has 1 saturated heterocycles. The summed E-state index contributed by atoms with van der Waals surface area (Å²) in [4.78, 5) is 31.4. The molecule has 13 heteroatoms. The molecule has 0 aromatic heterocycles. The maximum absolute atomic E-state index is 11.7. The number of hydrogen-bond donors (Lipinski definition) is 2. The molecule has 2 N–H and O–H groups in total. The minimum absolute atomic E-state index is 0.0273. The van der Waals surface area contributed by atoms with Crippen molar-refractivity contribution in [1.29, 1.82) is 0 Å². The zero-order chi connectivity index (χ0) is 32.4. The summed E-state index contributed by atoms with van der Waals surface area (Å²) in [5.74, 6) is -1.03. The van der Waals surface area contributed by atoms with E-state index in [0.717, 1.165) is 32.6 Å². The molecular formula is C30H39MnN4O8+. The van der Waals surface area contributed by atoms with Crippen molar-refractivity contribution in [3.8, 4) is 11.5 Å². The van der Waals surface area contributed by atoms with Crippen LogP contribution in [0.5, 0.6) is 11.5 Å². The van der Waals surface area contributed by atoms with E-state index in [9.17, 15) is 30.4 Å². The number of non-ortho nitro benzene ring substituents is 2. The number of hydrogen-bond acceptors (Lipinski definition) is 8. The van der Waals surface area contributed by atoms with Crippen molar-refractivity contribution in [2.24, 2.45) is 0 Å². The number of phenolic OH excluding ortho intramolecular Hbond substituents is 2. The number of carbonyl (C=O) groups excluding carboxylic acids is 1. The summed E-state index contributed by atoms with van der Waals surface area (Å²) in [6, 6.07) is 5.88. The first-order valence-corrected chi connectivity index (χ1v) is 15.0. The second-order valence-corrected chi connectivity index (χ2v) is 14.3. The average Bonchev–Trinajstić information content (AvgIpc) is 3.21. The molecule has 2 aliphatic rings. The second kappa shape index (κ2) is 12.8. The molecule has 12 nitrogen and oxygen atoms in total. The van der Waals surface area contributed by atoms with Gasteiger partial charge in [-0.25, -0.2) is 0 Å². The summed E-state index contributed by atoms with van der Waals surface area (Å²) >= 11 is 0.0520. The van der Waals surface area contributed by atoms with Crippen molar-refractivity contribution in [2.45, 2.75) is 97.1 Å². The van der Waals surface area contributed by atoms with Gasteiger partial charge < -0.3 is 9.90 Å². The van der Waals surface area contributed by atoms with E-state index in [-0.39, 0.29) is 50.4 Å². The molecule has 2 aromatic carbocycles. The molecule has 0 spiro atoms. The van der Waals surface area contributed by atoms with Crippen molar-refractivity contribution in [3.63, 3.8) is 0 Å². The number of carbonyl (C=O) groups is 1. The van der Waals surface area contributed by atoms with Crippen LogP contribution in [0.3, 0.4) is 0 Å². The quantitative estimate of drug-likeness (QED) is 0.287. The van der Waals surface area contributed by atoms with Gasteiger partial charge in [0.15, 0.2) is 0 Å². The van der Waals surface area contributed by atoms with E-state index in [1.54, 1.807) is 0 Å². The van der Waals surface area contributed by atoms with Crippen LogP contribution >= 0.6 is 0 Å². The molecule has 2 unspecified atom stereocenters. The van der Waals surface area contributed by atoms with Gasteiger partial charge in [-0.1, -0.05) is 0 Å². The van der Waals surface area contributed by atoms with Crippen LogP contribution in [0.2, 0.25) is 0 Å². The first kappa shape index (κ1) is 33.7. The van der Waals surface area contributed by atoms with Crippen LogP contribution in [0.4, 0.5) is 11.4 Å². The number of aliphatic carboxylic acids is 1. The molecule has 1 aliphatic heterocycles. The van der Waals surface area contributed by atoms with E-state index in [1.165, 1.54) is 24.3 Å². The van der Waals surface area contributed by atoms with Crippen LogP contribution in [0.1, 0.15) is 96.4 Å². The summed E-state index contributed by atoms with van der Waals surface area (Å²) in [6.07, 6.45) is 7.51. The Morgan fingerprint density at radius 2 is 1.14 bits per heavy atom. The van der Waals surface area contributed by atoms with Gasteiger partial charge in [-0.3, -0.25) is 0 Å². The molecule has 2 atom stereocenters. The van der Waals surface area contributed by atoms with Gasteiger partial charge in [-0.05, 0) is 6.92 Å². The summed E-state index contributed by atoms with van der Waals surface area (Å²) in [7, 11) is 0. The number of carboxylic acid groups (broad SMARTS) is 1. The average molecular weight is 639 g/mol. The molecular weight excluding hydrogens is 599 g/mol. The molecule has 43 heavy (non-hydrogen) atoms. The number of benzene rings is 2. The Labute approximate surface area is 257 Å². The summed E-state index contributed by atoms with van der Waals surface area (Å²) in [5.41, 5.74) is 0.645. The van der Waals surface area contributed by atoms with Crippen molar-refractivity contribution < 1.29 is 52.5 Å². The number of fused-ring (bicyclic) bond motifs is 1. The molecule has 0 bridgehead atoms. The van der Waals surface area contributed by atoms with Gasteiger partial charge in [0.1, 0.15) is 0 Å². The fourth-order valence-corrected chi connectivity index (χ4v) is 7.05. The zero-order valence-electron chi connectivity index (χ0n) is 25.5. The number of nitro benzene ring substituents is 2. The van der Waals surface area contributed by atoms with Gasteiger partial charge in [0, 0.05) is 5.97 Å². The normalized spacial score (nSPS) is 20.3. The van der Waals surface area contributed by atoms with Crippen LogP contribution < -0.4 is 5.11 Å². The molecule has 233 valence electrons. The number of nitrogens with zero attached hydrogens (tertiary/aromatic N) is 4. The predicted octanol–water partition coefficient (Wildman–Crippen LogP) is 4.07. The Bertz CT molecular complexity index is 1400. The SMILES string of the molecule is CC(=O)[O-].CC(C)(C)c1cc([N+](=O)[O-])cc(C=[N+]2[Mn][N+](=Cc3cc([N+](=O)[O-])cc(C(C)(C)C)c3O)C3CCCCC32)c1O. The van der Waals surface area contributed by atoms with Gasteiger partial charge in [-0.15, -0.1) is 0 Å². The Hall–Kier alpha value is -3.83. The molecule has 0 radical (unpaired) electrons. The van der Waals surface area contributed by atoms with Crippen molar-refractivity contribution in [3.05, 3.63) is 66.7 Å². The summed E-state index contributed by atoms with van der Waals surface area (Å²) in [5, 5.41) is 54.5. The fraction of sp³-hybridized carbons (Fsp3) is 0.500. The topological polar surface area (TPSA) is 173 Å². The van der Waals surface area contributed by atoms with Gasteiger partial charge in [0.25, 0.3) is 0 Å². The third kappa shape index (κ3) is 7.97. The van der Waals surface area contributed by atoms with E-state index in [2.05, 4.69) is 7.18 Å². The number of rotatable bonds is 4. The summed E-state index contributed by atoms with van der Waals surface area (Å²) < 4.78 is 4.24. The van der Waals surface area contributed by atoms with Crippen LogP contribution in [0.15, 0.2) is 24.3 Å². The maximum atomic E-state index is 11.7. The zero-order valence-corrected chi connectivity index (χ0v) is 26.6. The van der Waals surface area contributed by atoms with Crippen LogP contribution in [0, 0.1) is 20.2 Å². The first-order valence-electron chi connectivity index (χ1n) is 13.9. The second-order valence-electron chi connectivity index (χ2n) is 12.8. The number of nitro groups is 2. The number of carboxylic acids is 1. The van der Waals surface area contributed by atoms with E-state index < -0.39 is 26.6 Å². The fourth-order valence-electron chi connectivity index (χ4n) is 5.21. The molecule has 2 aromatic rings. The summed E-state index contributed by atoms with van der Waals surface area (Å²) in [6.45, 7) is 12.4. The monoisotopic (exact) mass is 638 g/mol. The Morgan fingerprint density at radius 1 is 0.814 bits per heavy atom. The molecule has 1 saturated carbocycles. The van der Waals surface area contributed by atoms with Crippen molar-refractivity contribution >= 4 is 29.8 Å². The van der Waals surface area contributed by atoms with Crippen LogP contribution in [0.25, 0.3) is 0 Å². The van der Waals surface area contributed by atoms with E-state index >= 15 is 0 Å². The molecule has 2 fully saturated rings. The van der Waals surface area contributed by atoms with Crippen LogP contribution in [-0.4, -0.2) is 57.7 Å². The molecule has 1 aliphatic carbocycles. The van der Waals surface area contributed by atoms with E-state index in [0.29, 0.717) is 22.3 Å². The molecule has 1 heterocycles. The van der Waals surface area contributed by atoms with Crippen LogP contribution in [-0.2, 0) is 31.0 Å². The van der Waals surface area contributed by atoms with E-state index in [4.69, 9.17) is 9.90 Å².